The number of carbonyl (C=O) groups is 2. The lowest BCUT2D eigenvalue weighted by atomic mass is 9.95. The summed E-state index contributed by atoms with van der Waals surface area (Å²) in [5.41, 5.74) is 3.34. The van der Waals surface area contributed by atoms with Crippen molar-refractivity contribution in [3.05, 3.63) is 111 Å². The lowest BCUT2D eigenvalue weighted by molar-refractivity contribution is -0.139. The van der Waals surface area contributed by atoms with E-state index in [9.17, 15) is 14.7 Å². The van der Waals surface area contributed by atoms with Crippen LogP contribution in [-0.4, -0.2) is 33.2 Å². The molecule has 2 heterocycles. The van der Waals surface area contributed by atoms with Gasteiger partial charge in [-0.25, -0.2) is 0 Å². The predicted octanol–water partition coefficient (Wildman–Crippen LogP) is 6.25. The number of carbonyl (C=O) groups excluding carboxylic acids is 2. The van der Waals surface area contributed by atoms with Crippen LogP contribution in [-0.2, 0) is 16.0 Å². The molecule has 1 aliphatic heterocycles. The van der Waals surface area contributed by atoms with Gasteiger partial charge in [0.1, 0.15) is 5.76 Å². The molecule has 1 aromatic heterocycles. The molecule has 0 saturated carbocycles. The molecular formula is C27H20BrClN2O3. The van der Waals surface area contributed by atoms with E-state index < -0.39 is 17.7 Å². The number of nitrogens with zero attached hydrogens (tertiary/aromatic N) is 1. The molecule has 1 saturated heterocycles. The normalized spacial score (nSPS) is 17.6. The highest BCUT2D eigenvalue weighted by Crippen LogP contribution is 2.40. The maximum atomic E-state index is 13.2. The zero-order chi connectivity index (χ0) is 23.8. The fraction of sp³-hybridized carbons (Fsp3) is 0.111. The summed E-state index contributed by atoms with van der Waals surface area (Å²) >= 11 is 9.42. The van der Waals surface area contributed by atoms with E-state index in [-0.39, 0.29) is 11.3 Å². The molecule has 1 fully saturated rings. The molecule has 5 nitrogen and oxygen atoms in total. The first kappa shape index (κ1) is 22.4. The van der Waals surface area contributed by atoms with E-state index >= 15 is 0 Å². The van der Waals surface area contributed by atoms with E-state index in [1.807, 2.05) is 54.7 Å². The fourth-order valence-electron chi connectivity index (χ4n) is 4.44. The monoisotopic (exact) mass is 534 g/mol. The molecule has 7 heteroatoms. The van der Waals surface area contributed by atoms with E-state index in [4.69, 9.17) is 11.6 Å². The van der Waals surface area contributed by atoms with Gasteiger partial charge in [-0.05, 0) is 60.0 Å². The number of benzene rings is 3. The Labute approximate surface area is 209 Å². The van der Waals surface area contributed by atoms with Gasteiger partial charge in [-0.3, -0.25) is 9.59 Å². The highest BCUT2D eigenvalue weighted by atomic mass is 79.9. The molecule has 2 N–H and O–H groups in total. The molecular weight excluding hydrogens is 516 g/mol. The number of aromatic amines is 1. The summed E-state index contributed by atoms with van der Waals surface area (Å²) in [4.78, 5) is 31.1. The van der Waals surface area contributed by atoms with Crippen LogP contribution in [0.1, 0.15) is 22.7 Å². The minimum absolute atomic E-state index is 0.0774. The average Bonchev–Trinajstić information content (AvgIpc) is 3.37. The maximum absolute atomic E-state index is 13.2. The van der Waals surface area contributed by atoms with Crippen LogP contribution in [0.3, 0.4) is 0 Å². The van der Waals surface area contributed by atoms with Gasteiger partial charge < -0.3 is 15.0 Å². The third-order valence-corrected chi connectivity index (χ3v) is 6.92. The molecule has 4 aromatic rings. The number of aliphatic hydroxyl groups excluding tert-OH is 1. The maximum Gasteiger partial charge on any atom is 0.295 e. The predicted molar refractivity (Wildman–Crippen MR) is 137 cm³/mol. The summed E-state index contributed by atoms with van der Waals surface area (Å²) in [5, 5.41) is 12.7. The summed E-state index contributed by atoms with van der Waals surface area (Å²) in [6.45, 7) is 0.324. The Kier molecular flexibility index (Phi) is 6.02. The molecule has 0 unspecified atom stereocenters. The van der Waals surface area contributed by atoms with Gasteiger partial charge >= 0.3 is 0 Å². The Morgan fingerprint density at radius 3 is 2.44 bits per heavy atom. The highest BCUT2D eigenvalue weighted by molar-refractivity contribution is 9.10. The van der Waals surface area contributed by atoms with Crippen LogP contribution < -0.4 is 0 Å². The second-order valence-corrected chi connectivity index (χ2v) is 9.51. The van der Waals surface area contributed by atoms with E-state index in [0.717, 1.165) is 26.5 Å². The number of nitrogens with one attached hydrogen (secondary N) is 1. The van der Waals surface area contributed by atoms with Crippen LogP contribution in [0.4, 0.5) is 0 Å². The first-order valence-electron chi connectivity index (χ1n) is 10.8. The number of rotatable bonds is 5. The van der Waals surface area contributed by atoms with Crippen molar-refractivity contribution >= 4 is 55.9 Å². The molecule has 3 aromatic carbocycles. The fourth-order valence-corrected chi connectivity index (χ4v) is 4.84. The van der Waals surface area contributed by atoms with Crippen LogP contribution in [0.25, 0.3) is 16.7 Å². The second-order valence-electron chi connectivity index (χ2n) is 8.16. The summed E-state index contributed by atoms with van der Waals surface area (Å²) in [5.74, 6) is -1.53. The molecule has 0 bridgehead atoms. The van der Waals surface area contributed by atoms with Crippen LogP contribution in [0.5, 0.6) is 0 Å². The van der Waals surface area contributed by atoms with Gasteiger partial charge in [0.2, 0.25) is 0 Å². The zero-order valence-corrected chi connectivity index (χ0v) is 20.3. The number of halogens is 2. The van der Waals surface area contributed by atoms with Crippen molar-refractivity contribution in [2.45, 2.75) is 12.5 Å². The summed E-state index contributed by atoms with van der Waals surface area (Å²) in [6, 6.07) is 21.2. The van der Waals surface area contributed by atoms with Gasteiger partial charge in [0.25, 0.3) is 11.7 Å². The number of aliphatic hydroxyl groups is 1. The minimum atomic E-state index is -0.700. The smallest absolute Gasteiger partial charge is 0.295 e. The summed E-state index contributed by atoms with van der Waals surface area (Å²) in [7, 11) is 0. The third kappa shape index (κ3) is 4.04. The molecule has 0 aliphatic carbocycles. The number of amides is 1. The Hall–Kier alpha value is -3.35. The first-order valence-corrected chi connectivity index (χ1v) is 12.0. The van der Waals surface area contributed by atoms with Crippen LogP contribution in [0.2, 0.25) is 5.02 Å². The first-order chi connectivity index (χ1) is 16.4. The number of para-hydroxylation sites is 1. The second kappa shape index (κ2) is 9.12. The quantitative estimate of drug-likeness (QED) is 0.180. The van der Waals surface area contributed by atoms with Gasteiger partial charge in [0.15, 0.2) is 0 Å². The number of hydrogen-bond donors (Lipinski definition) is 2. The van der Waals surface area contributed by atoms with E-state index in [1.165, 1.54) is 0 Å². The van der Waals surface area contributed by atoms with E-state index in [0.29, 0.717) is 23.6 Å². The topological polar surface area (TPSA) is 73.4 Å². The van der Waals surface area contributed by atoms with Crippen molar-refractivity contribution in [3.8, 4) is 0 Å². The van der Waals surface area contributed by atoms with Crippen molar-refractivity contribution in [2.24, 2.45) is 0 Å². The standard InChI is InChI=1S/C27H20BrClN2O3/c28-19-9-5-16(6-10-19)24-23(25(32)17-7-11-20(29)12-8-17)26(33)27(34)31(24)14-13-18-15-30-22-4-2-1-3-21(18)22/h1-12,15,24,30,32H,13-14H2/t24-/m0/s1. The zero-order valence-electron chi connectivity index (χ0n) is 18.0. The SMILES string of the molecule is O=C1C(=O)N(CCc2c[nH]c3ccccc23)[C@@H](c2ccc(Br)cc2)C1=C(O)c1ccc(Cl)cc1. The van der Waals surface area contributed by atoms with Gasteiger partial charge in [0.05, 0.1) is 11.6 Å². The van der Waals surface area contributed by atoms with Crippen LogP contribution in [0, 0.1) is 0 Å². The minimum Gasteiger partial charge on any atom is -0.507 e. The number of aromatic nitrogens is 1. The summed E-state index contributed by atoms with van der Waals surface area (Å²) in [6.07, 6.45) is 2.49. The van der Waals surface area contributed by atoms with Gasteiger partial charge in [-0.2, -0.15) is 0 Å². The number of Topliss-reactive ketones (excluding diaryl/α,β-unsaturated/α-hetero) is 1. The Bertz CT molecular complexity index is 1420. The number of ketones is 1. The lowest BCUT2D eigenvalue weighted by Crippen LogP contribution is -2.31. The third-order valence-electron chi connectivity index (χ3n) is 6.14. The average molecular weight is 536 g/mol. The number of likely N-dealkylation sites (tertiary alicyclic amines) is 1. The molecule has 0 spiro atoms. The number of hydrogen-bond acceptors (Lipinski definition) is 3. The van der Waals surface area contributed by atoms with Crippen molar-refractivity contribution in [3.63, 3.8) is 0 Å². The highest BCUT2D eigenvalue weighted by Gasteiger charge is 2.45. The molecule has 34 heavy (non-hydrogen) atoms. The van der Waals surface area contributed by atoms with E-state index in [1.54, 1.807) is 29.2 Å². The molecule has 1 atom stereocenters. The summed E-state index contributed by atoms with van der Waals surface area (Å²) < 4.78 is 0.879. The van der Waals surface area contributed by atoms with Crippen LogP contribution >= 0.6 is 27.5 Å². The Balaban J connectivity index is 1.56. The van der Waals surface area contributed by atoms with E-state index in [2.05, 4.69) is 20.9 Å². The van der Waals surface area contributed by atoms with Gasteiger partial charge in [-0.1, -0.05) is 57.9 Å². The van der Waals surface area contributed by atoms with Crippen molar-refractivity contribution < 1.29 is 14.7 Å². The Morgan fingerprint density at radius 2 is 1.71 bits per heavy atom. The molecule has 5 rings (SSSR count). The molecule has 170 valence electrons. The van der Waals surface area contributed by atoms with Gasteiger partial charge in [0, 0.05) is 38.7 Å². The van der Waals surface area contributed by atoms with Gasteiger partial charge in [-0.15, -0.1) is 0 Å². The van der Waals surface area contributed by atoms with Crippen molar-refractivity contribution in [1.29, 1.82) is 0 Å². The molecule has 1 aliphatic rings. The number of H-pyrrole nitrogens is 1. The van der Waals surface area contributed by atoms with Crippen molar-refractivity contribution in [1.82, 2.24) is 9.88 Å². The number of fused-ring (bicyclic) bond motifs is 1. The largest absolute Gasteiger partial charge is 0.507 e. The lowest BCUT2D eigenvalue weighted by Gasteiger charge is -2.25. The van der Waals surface area contributed by atoms with Crippen molar-refractivity contribution in [2.75, 3.05) is 6.54 Å². The molecule has 0 radical (unpaired) electrons. The van der Waals surface area contributed by atoms with Crippen LogP contribution in [0.15, 0.2) is 89.0 Å². The molecule has 1 amide bonds. The Morgan fingerprint density at radius 1 is 1.00 bits per heavy atom.